The predicted molar refractivity (Wildman–Crippen MR) is 106 cm³/mol. The summed E-state index contributed by atoms with van der Waals surface area (Å²) in [5.74, 6) is 0.0679. The Bertz CT molecular complexity index is 754. The Morgan fingerprint density at radius 1 is 1.00 bits per heavy atom. The third-order valence-electron chi connectivity index (χ3n) is 5.92. The number of benzene rings is 2. The van der Waals surface area contributed by atoms with Crippen molar-refractivity contribution in [1.82, 2.24) is 9.80 Å². The highest BCUT2D eigenvalue weighted by Gasteiger charge is 2.46. The molecule has 2 aliphatic heterocycles. The number of carbonyl (C=O) groups is 1. The van der Waals surface area contributed by atoms with E-state index in [1.54, 1.807) is 0 Å². The van der Waals surface area contributed by atoms with E-state index in [-0.39, 0.29) is 11.5 Å². The summed E-state index contributed by atoms with van der Waals surface area (Å²) in [5.41, 5.74) is 2.13. The summed E-state index contributed by atoms with van der Waals surface area (Å²) in [6.45, 7) is 3.82. The molecular weight excluding hydrogens is 336 g/mol. The molecule has 27 heavy (non-hydrogen) atoms. The maximum absolute atomic E-state index is 12.7. The molecule has 0 radical (unpaired) electrons. The molecule has 0 aromatic heterocycles. The predicted octanol–water partition coefficient (Wildman–Crippen LogP) is 3.29. The summed E-state index contributed by atoms with van der Waals surface area (Å²) in [4.78, 5) is 17.1. The molecule has 1 unspecified atom stereocenters. The van der Waals surface area contributed by atoms with Gasteiger partial charge in [0.1, 0.15) is 0 Å². The van der Waals surface area contributed by atoms with Crippen LogP contribution in [0.1, 0.15) is 30.1 Å². The normalized spacial score (nSPS) is 22.9. The van der Waals surface area contributed by atoms with Crippen molar-refractivity contribution in [2.24, 2.45) is 0 Å². The topological polar surface area (TPSA) is 32.8 Å². The van der Waals surface area contributed by atoms with Crippen molar-refractivity contribution in [2.75, 3.05) is 33.2 Å². The number of carbonyl (C=O) groups excluding carboxylic acids is 1. The molecule has 4 nitrogen and oxygen atoms in total. The molecule has 0 bridgehead atoms. The maximum Gasteiger partial charge on any atom is 0.256 e. The fourth-order valence-electron chi connectivity index (χ4n) is 4.28. The molecule has 4 heteroatoms. The van der Waals surface area contributed by atoms with Crippen molar-refractivity contribution < 1.29 is 9.53 Å². The zero-order chi connectivity index (χ0) is 18.7. The van der Waals surface area contributed by atoms with Crippen LogP contribution in [0.25, 0.3) is 0 Å². The van der Waals surface area contributed by atoms with E-state index in [1.165, 1.54) is 5.56 Å². The molecule has 2 fully saturated rings. The molecule has 1 amide bonds. The van der Waals surface area contributed by atoms with Crippen LogP contribution in [0.3, 0.4) is 0 Å². The van der Waals surface area contributed by atoms with Gasteiger partial charge in [-0.25, -0.2) is 0 Å². The Labute approximate surface area is 161 Å². The first-order valence-corrected chi connectivity index (χ1v) is 9.89. The van der Waals surface area contributed by atoms with Crippen LogP contribution in [0.4, 0.5) is 0 Å². The molecular formula is C23H28N2O2. The molecule has 142 valence electrons. The maximum atomic E-state index is 12.7. The van der Waals surface area contributed by atoms with Crippen LogP contribution < -0.4 is 0 Å². The van der Waals surface area contributed by atoms with Gasteiger partial charge in [0.2, 0.25) is 0 Å². The number of hydrogen-bond donors (Lipinski definition) is 0. The van der Waals surface area contributed by atoms with E-state index < -0.39 is 6.10 Å². The second kappa shape index (κ2) is 7.83. The van der Waals surface area contributed by atoms with Gasteiger partial charge in [-0.1, -0.05) is 60.7 Å². The molecule has 2 aromatic rings. The monoisotopic (exact) mass is 364 g/mol. The second-order valence-corrected chi connectivity index (χ2v) is 7.86. The van der Waals surface area contributed by atoms with Crippen LogP contribution >= 0.6 is 0 Å². The molecule has 0 saturated carbocycles. The largest absolute Gasteiger partial charge is 0.355 e. The van der Waals surface area contributed by atoms with Gasteiger partial charge in [-0.05, 0) is 30.4 Å². The molecule has 2 heterocycles. The molecule has 0 N–H and O–H groups in total. The lowest BCUT2D eigenvalue weighted by atomic mass is 9.87. The SMILES string of the molecule is CN1CC2(CCN(CCc3ccccc3)CC2)OC(c2ccccc2)C1=O. The van der Waals surface area contributed by atoms with Gasteiger partial charge in [0.05, 0.1) is 5.60 Å². The van der Waals surface area contributed by atoms with Crippen molar-refractivity contribution in [3.63, 3.8) is 0 Å². The van der Waals surface area contributed by atoms with Crippen LogP contribution in [0, 0.1) is 0 Å². The van der Waals surface area contributed by atoms with Gasteiger partial charge < -0.3 is 14.5 Å². The van der Waals surface area contributed by atoms with Crippen molar-refractivity contribution >= 4 is 5.91 Å². The summed E-state index contributed by atoms with van der Waals surface area (Å²) < 4.78 is 6.48. The van der Waals surface area contributed by atoms with Crippen molar-refractivity contribution in [1.29, 1.82) is 0 Å². The number of hydrogen-bond acceptors (Lipinski definition) is 3. The van der Waals surface area contributed by atoms with Crippen LogP contribution in [0.15, 0.2) is 60.7 Å². The lowest BCUT2D eigenvalue weighted by Gasteiger charge is -2.48. The molecule has 2 saturated heterocycles. The minimum Gasteiger partial charge on any atom is -0.355 e. The first kappa shape index (κ1) is 18.2. The number of piperidine rings is 1. The number of morpholine rings is 1. The zero-order valence-electron chi connectivity index (χ0n) is 16.0. The minimum atomic E-state index is -0.471. The fraction of sp³-hybridized carbons (Fsp3) is 0.435. The van der Waals surface area contributed by atoms with E-state index in [0.29, 0.717) is 6.54 Å². The van der Waals surface area contributed by atoms with Crippen LogP contribution in [-0.2, 0) is 16.0 Å². The number of nitrogens with zero attached hydrogens (tertiary/aromatic N) is 2. The third-order valence-corrected chi connectivity index (χ3v) is 5.92. The van der Waals surface area contributed by atoms with E-state index in [1.807, 2.05) is 42.3 Å². The quantitative estimate of drug-likeness (QED) is 0.835. The Kier molecular flexibility index (Phi) is 5.28. The molecule has 2 aromatic carbocycles. The number of likely N-dealkylation sites (N-methyl/N-ethyl adjacent to an activating group) is 1. The Morgan fingerprint density at radius 2 is 1.63 bits per heavy atom. The molecule has 4 rings (SSSR count). The number of rotatable bonds is 4. The van der Waals surface area contributed by atoms with Gasteiger partial charge in [-0.15, -0.1) is 0 Å². The first-order valence-electron chi connectivity index (χ1n) is 9.89. The van der Waals surface area contributed by atoms with Crippen LogP contribution in [0.5, 0.6) is 0 Å². The molecule has 2 aliphatic rings. The second-order valence-electron chi connectivity index (χ2n) is 7.86. The highest BCUT2D eigenvalue weighted by Crippen LogP contribution is 2.37. The van der Waals surface area contributed by atoms with Crippen molar-refractivity contribution in [3.8, 4) is 0 Å². The molecule has 1 spiro atoms. The molecule has 0 aliphatic carbocycles. The summed E-state index contributed by atoms with van der Waals surface area (Å²) in [6.07, 6.45) is 2.56. The Morgan fingerprint density at radius 3 is 2.30 bits per heavy atom. The summed E-state index contributed by atoms with van der Waals surface area (Å²) in [6, 6.07) is 20.6. The van der Waals surface area contributed by atoms with Gasteiger partial charge in [-0.2, -0.15) is 0 Å². The van der Waals surface area contributed by atoms with Crippen LogP contribution in [0.2, 0.25) is 0 Å². The summed E-state index contributed by atoms with van der Waals surface area (Å²) in [7, 11) is 1.91. The van der Waals surface area contributed by atoms with Gasteiger partial charge in [0, 0.05) is 33.2 Å². The van der Waals surface area contributed by atoms with E-state index in [0.717, 1.165) is 44.5 Å². The van der Waals surface area contributed by atoms with Gasteiger partial charge in [0.15, 0.2) is 6.10 Å². The zero-order valence-corrected chi connectivity index (χ0v) is 16.0. The van der Waals surface area contributed by atoms with E-state index in [9.17, 15) is 4.79 Å². The average molecular weight is 364 g/mol. The fourth-order valence-corrected chi connectivity index (χ4v) is 4.28. The Balaban J connectivity index is 1.38. The average Bonchev–Trinajstić information content (AvgIpc) is 2.72. The van der Waals surface area contributed by atoms with E-state index in [4.69, 9.17) is 4.74 Å². The number of ether oxygens (including phenoxy) is 1. The third kappa shape index (κ3) is 4.07. The highest BCUT2D eigenvalue weighted by atomic mass is 16.5. The van der Waals surface area contributed by atoms with E-state index in [2.05, 4.69) is 35.2 Å². The minimum absolute atomic E-state index is 0.0679. The summed E-state index contributed by atoms with van der Waals surface area (Å²) in [5, 5.41) is 0. The summed E-state index contributed by atoms with van der Waals surface area (Å²) >= 11 is 0. The smallest absolute Gasteiger partial charge is 0.256 e. The van der Waals surface area contributed by atoms with Crippen molar-refractivity contribution in [2.45, 2.75) is 31.0 Å². The first-order chi connectivity index (χ1) is 13.2. The van der Waals surface area contributed by atoms with Gasteiger partial charge >= 0.3 is 0 Å². The van der Waals surface area contributed by atoms with Crippen molar-refractivity contribution in [3.05, 3.63) is 71.8 Å². The van der Waals surface area contributed by atoms with Gasteiger partial charge in [0.25, 0.3) is 5.91 Å². The number of amides is 1. The Hall–Kier alpha value is -2.17. The number of likely N-dealkylation sites (tertiary alicyclic amines) is 1. The standard InChI is InChI=1S/C23H28N2O2/c1-24-18-23(27-21(22(24)26)20-10-6-3-7-11-20)13-16-25(17-14-23)15-12-19-8-4-2-5-9-19/h2-11,21H,12-18H2,1H3. The van der Waals surface area contributed by atoms with Gasteiger partial charge in [-0.3, -0.25) is 4.79 Å². The van der Waals surface area contributed by atoms with Crippen LogP contribution in [-0.4, -0.2) is 54.5 Å². The molecule has 1 atom stereocenters. The lowest BCUT2D eigenvalue weighted by Crippen LogP contribution is -2.58. The lowest BCUT2D eigenvalue weighted by molar-refractivity contribution is -0.191. The van der Waals surface area contributed by atoms with E-state index >= 15 is 0 Å². The highest BCUT2D eigenvalue weighted by molar-refractivity contribution is 5.83.